The Hall–Kier alpha value is -2.20. The Balaban J connectivity index is 1.68. The summed E-state index contributed by atoms with van der Waals surface area (Å²) in [6.45, 7) is -0.547. The fourth-order valence-electron chi connectivity index (χ4n) is 2.96. The zero-order valence-electron chi connectivity index (χ0n) is 13.4. The first kappa shape index (κ1) is 18.6. The molecule has 11 heteroatoms. The zero-order valence-corrected chi connectivity index (χ0v) is 15.0. The van der Waals surface area contributed by atoms with Gasteiger partial charge in [0.05, 0.1) is 16.5 Å². The summed E-state index contributed by atoms with van der Waals surface area (Å²) < 4.78 is 36.2. The Kier molecular flexibility index (Phi) is 4.65. The number of anilines is 1. The van der Waals surface area contributed by atoms with E-state index in [1.165, 1.54) is 12.1 Å². The topological polar surface area (TPSA) is 113 Å². The van der Waals surface area contributed by atoms with Crippen molar-refractivity contribution in [3.8, 4) is 0 Å². The first-order valence-corrected chi connectivity index (χ1v) is 9.91. The molecular formula is C15H15ClFN3O5S. The SMILES string of the molecule is O=C(CN1C(=O)NC2(CCS(=O)(=O)CC2)C1=O)Nc1ccc(F)c(Cl)c1. The van der Waals surface area contributed by atoms with E-state index in [4.69, 9.17) is 11.6 Å². The van der Waals surface area contributed by atoms with Crippen LogP contribution in [0.2, 0.25) is 5.02 Å². The molecule has 8 nitrogen and oxygen atoms in total. The number of nitrogens with one attached hydrogen (secondary N) is 2. The van der Waals surface area contributed by atoms with Crippen molar-refractivity contribution in [3.05, 3.63) is 29.0 Å². The van der Waals surface area contributed by atoms with Gasteiger partial charge < -0.3 is 10.6 Å². The lowest BCUT2D eigenvalue weighted by Crippen LogP contribution is -2.52. The smallest absolute Gasteiger partial charge is 0.324 e. The molecule has 140 valence electrons. The molecule has 1 aromatic rings. The number of nitrogens with zero attached hydrogens (tertiary/aromatic N) is 1. The number of halogens is 2. The molecule has 2 aliphatic heterocycles. The molecule has 4 amide bonds. The Labute approximate surface area is 153 Å². The van der Waals surface area contributed by atoms with Crippen molar-refractivity contribution >= 4 is 45.0 Å². The summed E-state index contributed by atoms with van der Waals surface area (Å²) in [5.74, 6) is -2.34. The van der Waals surface area contributed by atoms with Gasteiger partial charge in [-0.3, -0.25) is 14.5 Å². The Bertz CT molecular complexity index is 891. The fraction of sp³-hybridized carbons (Fsp3) is 0.400. The molecule has 0 aromatic heterocycles. The molecule has 1 aromatic carbocycles. The van der Waals surface area contributed by atoms with Crippen molar-refractivity contribution in [2.75, 3.05) is 23.4 Å². The molecule has 2 N–H and O–H groups in total. The Morgan fingerprint density at radius 1 is 1.31 bits per heavy atom. The van der Waals surface area contributed by atoms with Crippen LogP contribution in [0.4, 0.5) is 14.9 Å². The third-order valence-electron chi connectivity index (χ3n) is 4.43. The zero-order chi connectivity index (χ0) is 19.1. The van der Waals surface area contributed by atoms with E-state index in [0.717, 1.165) is 11.0 Å². The highest BCUT2D eigenvalue weighted by Crippen LogP contribution is 2.30. The van der Waals surface area contributed by atoms with Gasteiger partial charge in [0.25, 0.3) is 5.91 Å². The molecule has 3 rings (SSSR count). The van der Waals surface area contributed by atoms with E-state index >= 15 is 0 Å². The lowest BCUT2D eigenvalue weighted by Gasteiger charge is -2.30. The van der Waals surface area contributed by atoms with Crippen LogP contribution in [0.5, 0.6) is 0 Å². The van der Waals surface area contributed by atoms with E-state index in [9.17, 15) is 27.2 Å². The predicted octanol–water partition coefficient (Wildman–Crippen LogP) is 0.917. The van der Waals surface area contributed by atoms with E-state index in [-0.39, 0.29) is 35.1 Å². The summed E-state index contributed by atoms with van der Waals surface area (Å²) in [6.07, 6.45) is -0.0445. The highest BCUT2D eigenvalue weighted by atomic mass is 35.5. The van der Waals surface area contributed by atoms with Crippen molar-refractivity contribution in [1.29, 1.82) is 0 Å². The van der Waals surface area contributed by atoms with E-state index in [1.54, 1.807) is 0 Å². The molecule has 2 heterocycles. The van der Waals surface area contributed by atoms with Gasteiger partial charge in [0.1, 0.15) is 17.9 Å². The van der Waals surface area contributed by atoms with Gasteiger partial charge in [0.15, 0.2) is 9.84 Å². The van der Waals surface area contributed by atoms with Gasteiger partial charge in [-0.1, -0.05) is 11.6 Å². The standard InChI is InChI=1S/C15H15ClFN3O5S/c16-10-7-9(1-2-11(10)17)18-12(21)8-20-13(22)15(19-14(20)23)3-5-26(24,25)6-4-15/h1-2,7H,3-6,8H2,(H,18,21)(H,19,23). The third kappa shape index (κ3) is 3.51. The van der Waals surface area contributed by atoms with Crippen LogP contribution in [0.3, 0.4) is 0 Å². The normalized spacial score (nSPS) is 20.9. The molecule has 0 unspecified atom stereocenters. The van der Waals surface area contributed by atoms with E-state index in [0.29, 0.717) is 0 Å². The average Bonchev–Trinajstić information content (AvgIpc) is 2.79. The first-order valence-electron chi connectivity index (χ1n) is 7.71. The second-order valence-corrected chi connectivity index (χ2v) is 8.94. The number of benzene rings is 1. The maximum absolute atomic E-state index is 13.1. The number of rotatable bonds is 3. The van der Waals surface area contributed by atoms with Crippen LogP contribution < -0.4 is 10.6 Å². The fourth-order valence-corrected chi connectivity index (χ4v) is 4.67. The van der Waals surface area contributed by atoms with Crippen LogP contribution in [-0.2, 0) is 19.4 Å². The second kappa shape index (κ2) is 6.51. The summed E-state index contributed by atoms with van der Waals surface area (Å²) in [5.41, 5.74) is -1.06. The quantitative estimate of drug-likeness (QED) is 0.728. The van der Waals surface area contributed by atoms with Crippen molar-refractivity contribution < 1.29 is 27.2 Å². The molecule has 2 aliphatic rings. The molecule has 2 saturated heterocycles. The molecule has 0 aliphatic carbocycles. The largest absolute Gasteiger partial charge is 0.325 e. The Morgan fingerprint density at radius 3 is 2.58 bits per heavy atom. The molecular weight excluding hydrogens is 389 g/mol. The minimum atomic E-state index is -3.22. The van der Waals surface area contributed by atoms with E-state index in [1.807, 2.05) is 0 Å². The molecule has 26 heavy (non-hydrogen) atoms. The highest BCUT2D eigenvalue weighted by Gasteiger charge is 2.53. The molecule has 0 saturated carbocycles. The predicted molar refractivity (Wildman–Crippen MR) is 90.9 cm³/mol. The number of carbonyl (C=O) groups excluding carboxylic acids is 3. The molecule has 0 bridgehead atoms. The van der Waals surface area contributed by atoms with Crippen molar-refractivity contribution in [2.45, 2.75) is 18.4 Å². The summed E-state index contributed by atoms with van der Waals surface area (Å²) in [5, 5.41) is 4.76. The van der Waals surface area contributed by atoms with Gasteiger partial charge in [-0.15, -0.1) is 0 Å². The van der Waals surface area contributed by atoms with Crippen LogP contribution in [0.15, 0.2) is 18.2 Å². The van der Waals surface area contributed by atoms with E-state index < -0.39 is 45.6 Å². The monoisotopic (exact) mass is 403 g/mol. The van der Waals surface area contributed by atoms with Crippen molar-refractivity contribution in [3.63, 3.8) is 0 Å². The number of hydrogen-bond acceptors (Lipinski definition) is 5. The summed E-state index contributed by atoms with van der Waals surface area (Å²) in [4.78, 5) is 37.5. The number of imide groups is 1. The third-order valence-corrected chi connectivity index (χ3v) is 6.37. The Morgan fingerprint density at radius 2 is 1.96 bits per heavy atom. The van der Waals surface area contributed by atoms with Crippen LogP contribution in [-0.4, -0.2) is 54.8 Å². The highest BCUT2D eigenvalue weighted by molar-refractivity contribution is 7.91. The molecule has 2 fully saturated rings. The van der Waals surface area contributed by atoms with Gasteiger partial charge in [0.2, 0.25) is 5.91 Å². The second-order valence-electron chi connectivity index (χ2n) is 6.23. The average molecular weight is 404 g/mol. The van der Waals surface area contributed by atoms with Gasteiger partial charge in [-0.25, -0.2) is 17.6 Å². The lowest BCUT2D eigenvalue weighted by atomic mass is 9.92. The number of urea groups is 1. The summed E-state index contributed by atoms with van der Waals surface area (Å²) in [7, 11) is -3.22. The molecule has 0 atom stereocenters. The minimum absolute atomic E-state index is 0.0222. The van der Waals surface area contributed by atoms with Gasteiger partial charge in [-0.2, -0.15) is 0 Å². The van der Waals surface area contributed by atoms with Crippen molar-refractivity contribution in [1.82, 2.24) is 10.2 Å². The van der Waals surface area contributed by atoms with Gasteiger partial charge >= 0.3 is 6.03 Å². The van der Waals surface area contributed by atoms with Crippen LogP contribution in [0.25, 0.3) is 0 Å². The van der Waals surface area contributed by atoms with E-state index in [2.05, 4.69) is 10.6 Å². The summed E-state index contributed by atoms with van der Waals surface area (Å²) >= 11 is 5.63. The van der Waals surface area contributed by atoms with Crippen molar-refractivity contribution in [2.24, 2.45) is 0 Å². The number of carbonyl (C=O) groups is 3. The van der Waals surface area contributed by atoms with Gasteiger partial charge in [-0.05, 0) is 31.0 Å². The number of hydrogen-bond donors (Lipinski definition) is 2. The van der Waals surface area contributed by atoms with Crippen LogP contribution in [0, 0.1) is 5.82 Å². The summed E-state index contributed by atoms with van der Waals surface area (Å²) in [6, 6.07) is 2.82. The number of amides is 4. The maximum Gasteiger partial charge on any atom is 0.325 e. The van der Waals surface area contributed by atoms with Crippen LogP contribution in [0.1, 0.15) is 12.8 Å². The van der Waals surface area contributed by atoms with Gasteiger partial charge in [0, 0.05) is 5.69 Å². The number of sulfone groups is 1. The maximum atomic E-state index is 13.1. The van der Waals surface area contributed by atoms with Crippen LogP contribution >= 0.6 is 11.6 Å². The lowest BCUT2D eigenvalue weighted by molar-refractivity contribution is -0.134. The molecule has 1 spiro atoms. The minimum Gasteiger partial charge on any atom is -0.324 e. The molecule has 0 radical (unpaired) electrons. The first-order chi connectivity index (χ1) is 12.1.